The smallest absolute Gasteiger partial charge is 0.261 e. The van der Waals surface area contributed by atoms with Crippen LogP contribution >= 0.6 is 0 Å². The first-order valence-electron chi connectivity index (χ1n) is 9.55. The fourth-order valence-corrected chi connectivity index (χ4v) is 4.29. The number of likely N-dealkylation sites (N-methyl/N-ethyl adjacent to an activating group) is 1. The van der Waals surface area contributed by atoms with Gasteiger partial charge in [0, 0.05) is 37.6 Å². The minimum absolute atomic E-state index is 0.290. The zero-order valence-electron chi connectivity index (χ0n) is 16.4. The summed E-state index contributed by atoms with van der Waals surface area (Å²) in [5, 5.41) is 0. The van der Waals surface area contributed by atoms with Crippen molar-refractivity contribution in [3.05, 3.63) is 54.1 Å². The van der Waals surface area contributed by atoms with Crippen LogP contribution in [0.3, 0.4) is 0 Å². The average molecular weight is 388 g/mol. The van der Waals surface area contributed by atoms with Crippen LogP contribution in [0.5, 0.6) is 0 Å². The van der Waals surface area contributed by atoms with Crippen molar-refractivity contribution in [3.63, 3.8) is 0 Å². The van der Waals surface area contributed by atoms with Gasteiger partial charge in [-0.1, -0.05) is 26.0 Å². The van der Waals surface area contributed by atoms with Gasteiger partial charge in [0.1, 0.15) is 0 Å². The van der Waals surface area contributed by atoms with Gasteiger partial charge >= 0.3 is 0 Å². The molecule has 6 heteroatoms. The molecule has 3 rings (SSSR count). The molecule has 1 aliphatic rings. The molecular weight excluding hydrogens is 358 g/mol. The Hall–Kier alpha value is -2.05. The maximum absolute atomic E-state index is 12.6. The molecule has 0 saturated carbocycles. The molecule has 0 aliphatic carbocycles. The van der Waals surface area contributed by atoms with E-state index < -0.39 is 10.0 Å². The van der Waals surface area contributed by atoms with E-state index in [-0.39, 0.29) is 4.90 Å². The summed E-state index contributed by atoms with van der Waals surface area (Å²) in [5.41, 5.74) is 2.87. The predicted molar refractivity (Wildman–Crippen MR) is 112 cm³/mol. The number of hydrogen-bond donors (Lipinski definition) is 1. The van der Waals surface area contributed by atoms with Crippen LogP contribution in [-0.2, 0) is 10.0 Å². The predicted octanol–water partition coefficient (Wildman–Crippen LogP) is 3.75. The molecule has 2 aromatic rings. The summed E-state index contributed by atoms with van der Waals surface area (Å²) in [4.78, 5) is 4.93. The molecule has 0 amide bonds. The van der Waals surface area contributed by atoms with E-state index in [1.54, 1.807) is 12.1 Å². The SMILES string of the molecule is CC[C@@H](C)c1ccc(S(=O)(=O)Nc2ccc(N3CCN(C)CC3)cc2)cc1. The number of nitrogens with one attached hydrogen (secondary N) is 1. The van der Waals surface area contributed by atoms with Crippen molar-refractivity contribution in [1.29, 1.82) is 0 Å². The normalized spacial score (nSPS) is 16.9. The van der Waals surface area contributed by atoms with Crippen LogP contribution in [0.1, 0.15) is 31.7 Å². The lowest BCUT2D eigenvalue weighted by atomic mass is 9.99. The molecule has 1 aliphatic heterocycles. The Morgan fingerprint density at radius 1 is 0.963 bits per heavy atom. The van der Waals surface area contributed by atoms with Gasteiger partial charge in [0.05, 0.1) is 4.90 Å². The van der Waals surface area contributed by atoms with Gasteiger partial charge in [-0.25, -0.2) is 8.42 Å². The van der Waals surface area contributed by atoms with Gasteiger partial charge in [0.2, 0.25) is 0 Å². The van der Waals surface area contributed by atoms with E-state index in [1.807, 2.05) is 36.4 Å². The lowest BCUT2D eigenvalue weighted by Gasteiger charge is -2.34. The Kier molecular flexibility index (Phi) is 6.07. The summed E-state index contributed by atoms with van der Waals surface area (Å²) in [7, 11) is -1.45. The molecule has 0 radical (unpaired) electrons. The summed E-state index contributed by atoms with van der Waals surface area (Å²) < 4.78 is 28.0. The van der Waals surface area contributed by atoms with Crippen molar-refractivity contribution >= 4 is 21.4 Å². The molecule has 1 atom stereocenters. The van der Waals surface area contributed by atoms with E-state index in [0.717, 1.165) is 43.9 Å². The third kappa shape index (κ3) is 4.82. The number of anilines is 2. The van der Waals surface area contributed by atoms with E-state index in [0.29, 0.717) is 11.6 Å². The maximum Gasteiger partial charge on any atom is 0.261 e. The molecule has 27 heavy (non-hydrogen) atoms. The lowest BCUT2D eigenvalue weighted by Crippen LogP contribution is -2.44. The monoisotopic (exact) mass is 387 g/mol. The van der Waals surface area contributed by atoms with Crippen LogP contribution in [0.4, 0.5) is 11.4 Å². The minimum Gasteiger partial charge on any atom is -0.369 e. The second-order valence-corrected chi connectivity index (χ2v) is 9.00. The van der Waals surface area contributed by atoms with Crippen molar-refractivity contribution in [3.8, 4) is 0 Å². The minimum atomic E-state index is -3.58. The molecule has 0 unspecified atom stereocenters. The molecule has 1 fully saturated rings. The zero-order chi connectivity index (χ0) is 19.4. The van der Waals surface area contributed by atoms with Crippen LogP contribution in [0, 0.1) is 0 Å². The van der Waals surface area contributed by atoms with Crippen LogP contribution < -0.4 is 9.62 Å². The maximum atomic E-state index is 12.6. The third-order valence-electron chi connectivity index (χ3n) is 5.36. The van der Waals surface area contributed by atoms with Crippen LogP contribution in [0.2, 0.25) is 0 Å². The van der Waals surface area contributed by atoms with Crippen LogP contribution in [0.25, 0.3) is 0 Å². The second-order valence-electron chi connectivity index (χ2n) is 7.32. The summed E-state index contributed by atoms with van der Waals surface area (Å²) in [6, 6.07) is 14.8. The first-order chi connectivity index (χ1) is 12.9. The fraction of sp³-hybridized carbons (Fsp3) is 0.429. The van der Waals surface area contributed by atoms with Gasteiger partial charge in [0.15, 0.2) is 0 Å². The van der Waals surface area contributed by atoms with Crippen molar-refractivity contribution in [2.24, 2.45) is 0 Å². The van der Waals surface area contributed by atoms with Gasteiger partial charge in [-0.3, -0.25) is 4.72 Å². The highest BCUT2D eigenvalue weighted by atomic mass is 32.2. The second kappa shape index (κ2) is 8.31. The molecule has 1 heterocycles. The highest BCUT2D eigenvalue weighted by Gasteiger charge is 2.17. The molecule has 0 bridgehead atoms. The van der Waals surface area contributed by atoms with Crippen LogP contribution in [0.15, 0.2) is 53.4 Å². The van der Waals surface area contributed by atoms with Gasteiger partial charge in [-0.05, 0) is 61.3 Å². The van der Waals surface area contributed by atoms with E-state index >= 15 is 0 Å². The van der Waals surface area contributed by atoms with Gasteiger partial charge in [-0.15, -0.1) is 0 Å². The Morgan fingerprint density at radius 2 is 1.56 bits per heavy atom. The van der Waals surface area contributed by atoms with Crippen molar-refractivity contribution in [2.45, 2.75) is 31.1 Å². The molecule has 5 nitrogen and oxygen atoms in total. The number of sulfonamides is 1. The molecule has 1 N–H and O–H groups in total. The first-order valence-corrected chi connectivity index (χ1v) is 11.0. The van der Waals surface area contributed by atoms with Gasteiger partial charge < -0.3 is 9.80 Å². The number of benzene rings is 2. The van der Waals surface area contributed by atoms with E-state index in [2.05, 4.69) is 35.4 Å². The molecule has 0 aromatic heterocycles. The number of hydrogen-bond acceptors (Lipinski definition) is 4. The van der Waals surface area contributed by atoms with E-state index in [9.17, 15) is 8.42 Å². The highest BCUT2D eigenvalue weighted by molar-refractivity contribution is 7.92. The Labute approximate surface area is 163 Å². The lowest BCUT2D eigenvalue weighted by molar-refractivity contribution is 0.313. The summed E-state index contributed by atoms with van der Waals surface area (Å²) >= 11 is 0. The number of piperazine rings is 1. The molecule has 1 saturated heterocycles. The van der Waals surface area contributed by atoms with Crippen molar-refractivity contribution in [1.82, 2.24) is 4.90 Å². The standard InChI is InChI=1S/C21H29N3O2S/c1-4-17(2)18-5-11-21(12-6-18)27(25,26)22-19-7-9-20(10-8-19)24-15-13-23(3)14-16-24/h5-12,17,22H,4,13-16H2,1-3H3/t17-/m1/s1. The first kappa shape index (κ1) is 19.7. The summed E-state index contributed by atoms with van der Waals surface area (Å²) in [5.74, 6) is 0.428. The number of rotatable bonds is 6. The molecular formula is C21H29N3O2S. The highest BCUT2D eigenvalue weighted by Crippen LogP contribution is 2.24. The van der Waals surface area contributed by atoms with Gasteiger partial charge in [0.25, 0.3) is 10.0 Å². The Bertz CT molecular complexity index is 840. The van der Waals surface area contributed by atoms with Gasteiger partial charge in [-0.2, -0.15) is 0 Å². The largest absolute Gasteiger partial charge is 0.369 e. The van der Waals surface area contributed by atoms with E-state index in [4.69, 9.17) is 0 Å². The van der Waals surface area contributed by atoms with Crippen molar-refractivity contribution < 1.29 is 8.42 Å². The van der Waals surface area contributed by atoms with Crippen molar-refractivity contribution in [2.75, 3.05) is 42.8 Å². The Morgan fingerprint density at radius 3 is 2.11 bits per heavy atom. The fourth-order valence-electron chi connectivity index (χ4n) is 3.23. The number of nitrogens with zero attached hydrogens (tertiary/aromatic N) is 2. The molecule has 0 spiro atoms. The average Bonchev–Trinajstić information content (AvgIpc) is 2.68. The quantitative estimate of drug-likeness (QED) is 0.820. The Balaban J connectivity index is 1.68. The zero-order valence-corrected chi connectivity index (χ0v) is 17.2. The molecule has 2 aromatic carbocycles. The summed E-state index contributed by atoms with van der Waals surface area (Å²) in [6.07, 6.45) is 1.03. The van der Waals surface area contributed by atoms with E-state index in [1.165, 1.54) is 0 Å². The van der Waals surface area contributed by atoms with Crippen LogP contribution in [-0.4, -0.2) is 46.5 Å². The third-order valence-corrected chi connectivity index (χ3v) is 6.76. The molecule has 146 valence electrons. The summed E-state index contributed by atoms with van der Waals surface area (Å²) in [6.45, 7) is 8.34. The topological polar surface area (TPSA) is 52.7 Å².